The van der Waals surface area contributed by atoms with Crippen molar-refractivity contribution in [3.05, 3.63) is 52.5 Å². The third-order valence-electron chi connectivity index (χ3n) is 5.00. The van der Waals surface area contributed by atoms with Crippen LogP contribution in [0.25, 0.3) is 0 Å². The molecule has 2 aliphatic rings. The Kier molecular flexibility index (Phi) is 5.82. The number of amides is 1. The topological polar surface area (TPSA) is 85.3 Å². The van der Waals surface area contributed by atoms with Crippen molar-refractivity contribution in [3.63, 3.8) is 0 Å². The molecule has 0 unspecified atom stereocenters. The van der Waals surface area contributed by atoms with Crippen molar-refractivity contribution in [1.29, 1.82) is 0 Å². The highest BCUT2D eigenvalue weighted by molar-refractivity contribution is 9.10. The van der Waals surface area contributed by atoms with Crippen LogP contribution in [0.2, 0.25) is 0 Å². The zero-order valence-corrected chi connectivity index (χ0v) is 19.5. The van der Waals surface area contributed by atoms with Gasteiger partial charge >= 0.3 is 0 Å². The highest BCUT2D eigenvalue weighted by Crippen LogP contribution is 2.41. The van der Waals surface area contributed by atoms with Gasteiger partial charge in [0.25, 0.3) is 5.91 Å². The van der Waals surface area contributed by atoms with E-state index in [0.29, 0.717) is 22.2 Å². The van der Waals surface area contributed by atoms with Crippen molar-refractivity contribution in [3.8, 4) is 11.5 Å². The molecule has 1 amide bonds. The smallest absolute Gasteiger partial charge is 0.279 e. The van der Waals surface area contributed by atoms with Crippen LogP contribution in [-0.4, -0.2) is 56.5 Å². The first-order valence-corrected chi connectivity index (χ1v) is 12.6. The van der Waals surface area contributed by atoms with Crippen LogP contribution in [0.5, 0.6) is 11.5 Å². The minimum atomic E-state index is -3.12. The van der Waals surface area contributed by atoms with Gasteiger partial charge in [0.2, 0.25) is 0 Å². The second-order valence-electron chi connectivity index (χ2n) is 6.92. The van der Waals surface area contributed by atoms with Crippen molar-refractivity contribution >= 4 is 54.3 Å². The number of benzene rings is 2. The summed E-state index contributed by atoms with van der Waals surface area (Å²) in [7, 11) is -0.0903. The fourth-order valence-corrected chi connectivity index (χ4v) is 7.77. The number of nitrogens with zero attached hydrogens (tertiary/aromatic N) is 2. The molecule has 2 heterocycles. The number of thioether (sulfide) groups is 1. The van der Waals surface area contributed by atoms with Crippen LogP contribution in [0.15, 0.2) is 51.9 Å². The largest absolute Gasteiger partial charge is 0.493 e. The Labute approximate surface area is 187 Å². The van der Waals surface area contributed by atoms with E-state index in [4.69, 9.17) is 9.47 Å². The molecule has 10 heteroatoms. The van der Waals surface area contributed by atoms with E-state index >= 15 is 0 Å². The molecule has 0 bridgehead atoms. The number of rotatable bonds is 4. The van der Waals surface area contributed by atoms with E-state index in [1.165, 1.54) is 26.0 Å². The third-order valence-corrected chi connectivity index (χ3v) is 8.74. The first-order valence-electron chi connectivity index (χ1n) is 9.08. The molecule has 2 atom stereocenters. The molecule has 0 N–H and O–H groups in total. The summed E-state index contributed by atoms with van der Waals surface area (Å²) in [5.74, 6) is 0.662. The van der Waals surface area contributed by atoms with Gasteiger partial charge in [0.15, 0.2) is 26.5 Å². The molecule has 0 aliphatic carbocycles. The van der Waals surface area contributed by atoms with Crippen molar-refractivity contribution in [2.75, 3.05) is 30.6 Å². The minimum absolute atomic E-state index is 0.0459. The number of hydrogen-bond acceptors (Lipinski definition) is 6. The number of fused-ring (bicyclic) bond motifs is 1. The van der Waals surface area contributed by atoms with Crippen molar-refractivity contribution in [1.82, 2.24) is 0 Å². The average molecular weight is 511 g/mol. The molecule has 2 saturated heterocycles. The number of sulfone groups is 1. The van der Waals surface area contributed by atoms with Gasteiger partial charge in [-0.25, -0.2) is 8.42 Å². The molecule has 2 fully saturated rings. The van der Waals surface area contributed by atoms with Crippen molar-refractivity contribution < 1.29 is 22.7 Å². The number of methoxy groups -OCH3 is 2. The normalized spacial score (nSPS) is 23.4. The van der Waals surface area contributed by atoms with Gasteiger partial charge in [-0.3, -0.25) is 4.79 Å². The summed E-state index contributed by atoms with van der Waals surface area (Å²) >= 11 is 4.75. The van der Waals surface area contributed by atoms with Gasteiger partial charge < -0.3 is 14.4 Å². The van der Waals surface area contributed by atoms with Crippen LogP contribution >= 0.6 is 27.7 Å². The predicted octanol–water partition coefficient (Wildman–Crippen LogP) is 3.38. The maximum absolute atomic E-state index is 12.9. The SMILES string of the molecule is COc1ccc(C(=O)N=C2S[C@H]3CS(=O)(=O)C[C@@H]3N2c2ccc(Br)cc2)cc1OC. The highest BCUT2D eigenvalue weighted by atomic mass is 79.9. The molecule has 0 radical (unpaired) electrons. The molecule has 158 valence electrons. The Bertz CT molecular complexity index is 1120. The quantitative estimate of drug-likeness (QED) is 0.622. The Morgan fingerprint density at radius 1 is 1.10 bits per heavy atom. The van der Waals surface area contributed by atoms with E-state index < -0.39 is 15.7 Å². The van der Waals surface area contributed by atoms with Gasteiger partial charge in [0.1, 0.15) is 0 Å². The number of halogens is 1. The number of hydrogen-bond donors (Lipinski definition) is 0. The number of ether oxygens (including phenoxy) is 2. The van der Waals surface area contributed by atoms with Crippen LogP contribution in [0.1, 0.15) is 10.4 Å². The molecule has 7 nitrogen and oxygen atoms in total. The van der Waals surface area contributed by atoms with Gasteiger partial charge in [0, 0.05) is 21.0 Å². The van der Waals surface area contributed by atoms with Gasteiger partial charge in [-0.05, 0) is 42.5 Å². The van der Waals surface area contributed by atoms with Crippen molar-refractivity contribution in [2.45, 2.75) is 11.3 Å². The number of anilines is 1. The maximum atomic E-state index is 12.9. The van der Waals surface area contributed by atoms with Crippen LogP contribution in [0.4, 0.5) is 5.69 Å². The van der Waals surface area contributed by atoms with Crippen LogP contribution in [0.3, 0.4) is 0 Å². The van der Waals surface area contributed by atoms with Crippen LogP contribution in [-0.2, 0) is 9.84 Å². The first-order chi connectivity index (χ1) is 14.3. The Hall–Kier alpha value is -2.04. The summed E-state index contributed by atoms with van der Waals surface area (Å²) in [5.41, 5.74) is 1.16. The van der Waals surface area contributed by atoms with E-state index in [1.807, 2.05) is 29.2 Å². The fraction of sp³-hybridized carbons (Fsp3) is 0.300. The lowest BCUT2D eigenvalue weighted by molar-refractivity contribution is 0.100. The summed E-state index contributed by atoms with van der Waals surface area (Å²) in [6.45, 7) is 0. The van der Waals surface area contributed by atoms with E-state index in [0.717, 1.165) is 10.2 Å². The molecule has 2 aliphatic heterocycles. The molecular formula is C20H19BrN2O5S2. The van der Waals surface area contributed by atoms with Crippen molar-refractivity contribution in [2.24, 2.45) is 4.99 Å². The second-order valence-corrected chi connectivity index (χ2v) is 11.2. The summed E-state index contributed by atoms with van der Waals surface area (Å²) in [6.07, 6.45) is 0. The maximum Gasteiger partial charge on any atom is 0.279 e. The zero-order valence-electron chi connectivity index (χ0n) is 16.2. The van der Waals surface area contributed by atoms with E-state index in [-0.39, 0.29) is 22.8 Å². The summed E-state index contributed by atoms with van der Waals surface area (Å²) in [4.78, 5) is 19.1. The van der Waals surface area contributed by atoms with E-state index in [1.54, 1.807) is 18.2 Å². The number of carbonyl (C=O) groups excluding carboxylic acids is 1. The average Bonchev–Trinajstić information content (AvgIpc) is 3.18. The Morgan fingerprint density at radius 3 is 2.47 bits per heavy atom. The van der Waals surface area contributed by atoms with Gasteiger partial charge in [-0.2, -0.15) is 4.99 Å². The van der Waals surface area contributed by atoms with Gasteiger partial charge in [0.05, 0.1) is 31.8 Å². The molecule has 4 rings (SSSR count). The Morgan fingerprint density at radius 2 is 1.80 bits per heavy atom. The lowest BCUT2D eigenvalue weighted by atomic mass is 10.2. The number of carbonyl (C=O) groups is 1. The van der Waals surface area contributed by atoms with Crippen LogP contribution < -0.4 is 14.4 Å². The monoisotopic (exact) mass is 510 g/mol. The lowest BCUT2D eigenvalue weighted by Crippen LogP contribution is -2.37. The first kappa shape index (κ1) is 21.2. The molecular weight excluding hydrogens is 492 g/mol. The lowest BCUT2D eigenvalue weighted by Gasteiger charge is -2.24. The standard InChI is InChI=1S/C20H19BrN2O5S2/c1-27-16-8-3-12(9-17(16)28-2)19(24)22-20-23(14-6-4-13(21)5-7-14)15-10-30(25,26)11-18(15)29-20/h3-9,15,18H,10-11H2,1-2H3/t15-,18-/m0/s1. The third kappa shape index (κ3) is 4.08. The fourth-order valence-electron chi connectivity index (χ4n) is 3.59. The zero-order chi connectivity index (χ0) is 21.5. The second kappa shape index (κ2) is 8.24. The molecule has 2 aromatic carbocycles. The predicted molar refractivity (Wildman–Crippen MR) is 122 cm³/mol. The minimum Gasteiger partial charge on any atom is -0.493 e. The number of amidine groups is 1. The van der Waals surface area contributed by atoms with Gasteiger partial charge in [-0.15, -0.1) is 0 Å². The van der Waals surface area contributed by atoms with E-state index in [2.05, 4.69) is 20.9 Å². The Balaban J connectivity index is 1.70. The molecule has 0 saturated carbocycles. The van der Waals surface area contributed by atoms with E-state index in [9.17, 15) is 13.2 Å². The highest BCUT2D eigenvalue weighted by Gasteiger charge is 2.49. The molecule has 2 aromatic rings. The molecule has 0 spiro atoms. The summed E-state index contributed by atoms with van der Waals surface area (Å²) in [5, 5.41) is 0.345. The molecule has 30 heavy (non-hydrogen) atoms. The summed E-state index contributed by atoms with van der Waals surface area (Å²) < 4.78 is 35.7. The van der Waals surface area contributed by atoms with Crippen LogP contribution in [0, 0.1) is 0 Å². The van der Waals surface area contributed by atoms with Gasteiger partial charge in [-0.1, -0.05) is 27.7 Å². The molecule has 0 aromatic heterocycles. The summed E-state index contributed by atoms with van der Waals surface area (Å²) in [6, 6.07) is 12.1. The number of aliphatic imine (C=N–C) groups is 1.